The summed E-state index contributed by atoms with van der Waals surface area (Å²) in [5, 5.41) is 1.06. The molecule has 2 aromatic carbocycles. The number of benzene rings is 2. The van der Waals surface area contributed by atoms with E-state index in [4.69, 9.17) is 30.3 Å². The van der Waals surface area contributed by atoms with Crippen molar-refractivity contribution in [3.8, 4) is 5.75 Å². The maximum atomic E-state index is 14.5. The van der Waals surface area contributed by atoms with Crippen LogP contribution in [0.25, 0.3) is 0 Å². The fourth-order valence-corrected chi connectivity index (χ4v) is 6.27. The van der Waals surface area contributed by atoms with E-state index in [0.29, 0.717) is 29.1 Å². The van der Waals surface area contributed by atoms with Crippen molar-refractivity contribution in [3.05, 3.63) is 59.1 Å². The first-order valence-electron chi connectivity index (χ1n) is 10.6. The van der Waals surface area contributed by atoms with Gasteiger partial charge in [-0.3, -0.25) is 9.36 Å². The maximum absolute atomic E-state index is 14.5. The summed E-state index contributed by atoms with van der Waals surface area (Å²) in [6.07, 6.45) is 0.203. The maximum Gasteiger partial charge on any atom is 0.320 e. The van der Waals surface area contributed by atoms with Crippen LogP contribution in [-0.2, 0) is 23.4 Å². The Morgan fingerprint density at radius 3 is 2.41 bits per heavy atom. The van der Waals surface area contributed by atoms with E-state index in [1.807, 2.05) is 19.1 Å². The molecule has 0 aromatic heterocycles. The minimum atomic E-state index is -3.66. The first-order valence-corrected chi connectivity index (χ1v) is 12.6. The number of carbonyl (C=O) groups is 1. The van der Waals surface area contributed by atoms with Crippen molar-refractivity contribution in [2.24, 2.45) is 0 Å². The fraction of sp³-hybridized carbons (Fsp3) is 0.435. The third kappa shape index (κ3) is 5.72. The molecule has 0 aliphatic carbocycles. The van der Waals surface area contributed by atoms with Gasteiger partial charge in [-0.15, -0.1) is 0 Å². The molecule has 3 unspecified atom stereocenters. The number of hydrogen-bond donors (Lipinski definition) is 0. The van der Waals surface area contributed by atoms with Gasteiger partial charge in [-0.2, -0.15) is 0 Å². The van der Waals surface area contributed by atoms with Crippen molar-refractivity contribution in [1.82, 2.24) is 4.67 Å². The molecule has 1 saturated heterocycles. The SMILES string of the molecule is CCOC(=O)CN1C(c2ccc(Cl)cc2)CC(OCC)COP1(=O)c1ccc(OC)cc1. The van der Waals surface area contributed by atoms with Gasteiger partial charge in [0, 0.05) is 17.7 Å². The molecule has 0 N–H and O–H groups in total. The van der Waals surface area contributed by atoms with Crippen molar-refractivity contribution in [1.29, 1.82) is 0 Å². The Morgan fingerprint density at radius 2 is 1.81 bits per heavy atom. The first-order chi connectivity index (χ1) is 15.4. The molecular formula is C23H29ClNO6P. The number of esters is 1. The molecule has 1 heterocycles. The summed E-state index contributed by atoms with van der Waals surface area (Å²) in [5.74, 6) is 0.159. The number of halogens is 1. The van der Waals surface area contributed by atoms with Crippen molar-refractivity contribution in [2.75, 3.05) is 33.5 Å². The Labute approximate surface area is 194 Å². The highest BCUT2D eigenvalue weighted by Gasteiger charge is 2.45. The van der Waals surface area contributed by atoms with E-state index in [2.05, 4.69) is 0 Å². The lowest BCUT2D eigenvalue weighted by molar-refractivity contribution is -0.143. The van der Waals surface area contributed by atoms with Crippen LogP contribution in [0.4, 0.5) is 0 Å². The van der Waals surface area contributed by atoms with Crippen LogP contribution in [0.5, 0.6) is 5.75 Å². The van der Waals surface area contributed by atoms with Crippen LogP contribution in [0.15, 0.2) is 48.5 Å². The Hall–Kier alpha value is -1.89. The molecule has 3 rings (SSSR count). The minimum Gasteiger partial charge on any atom is -0.497 e. The Bertz CT molecular complexity index is 937. The molecule has 174 valence electrons. The van der Waals surface area contributed by atoms with Gasteiger partial charge < -0.3 is 18.7 Å². The van der Waals surface area contributed by atoms with Gasteiger partial charge in [0.05, 0.1) is 31.7 Å². The van der Waals surface area contributed by atoms with Crippen LogP contribution in [0.3, 0.4) is 0 Å². The third-order valence-electron chi connectivity index (χ3n) is 5.27. The van der Waals surface area contributed by atoms with E-state index in [-0.39, 0.29) is 25.9 Å². The van der Waals surface area contributed by atoms with Crippen LogP contribution < -0.4 is 10.0 Å². The van der Waals surface area contributed by atoms with E-state index in [1.54, 1.807) is 55.1 Å². The Balaban J connectivity index is 2.11. The number of carbonyl (C=O) groups excluding carboxylic acids is 1. The average molecular weight is 482 g/mol. The zero-order valence-corrected chi connectivity index (χ0v) is 20.2. The summed E-state index contributed by atoms with van der Waals surface area (Å²) >= 11 is 6.10. The van der Waals surface area contributed by atoms with Crippen LogP contribution in [0, 0.1) is 0 Å². The number of methoxy groups -OCH3 is 1. The number of nitrogens with zero attached hydrogens (tertiary/aromatic N) is 1. The molecule has 3 atom stereocenters. The lowest BCUT2D eigenvalue weighted by Gasteiger charge is -2.34. The normalized spacial score (nSPS) is 24.0. The smallest absolute Gasteiger partial charge is 0.320 e. The predicted molar refractivity (Wildman–Crippen MR) is 124 cm³/mol. The van der Waals surface area contributed by atoms with Gasteiger partial charge in [-0.1, -0.05) is 23.7 Å². The molecule has 0 spiro atoms. The van der Waals surface area contributed by atoms with Gasteiger partial charge in [0.1, 0.15) is 12.3 Å². The van der Waals surface area contributed by atoms with E-state index >= 15 is 0 Å². The Morgan fingerprint density at radius 1 is 1.12 bits per heavy atom. The molecule has 1 fully saturated rings. The molecule has 0 saturated carbocycles. The quantitative estimate of drug-likeness (QED) is 0.403. The number of hydrogen-bond acceptors (Lipinski definition) is 6. The Kier molecular flexibility index (Phi) is 8.74. The molecule has 0 radical (unpaired) electrons. The zero-order chi connectivity index (χ0) is 23.1. The van der Waals surface area contributed by atoms with Crippen LogP contribution in [0.1, 0.15) is 31.9 Å². The molecule has 7 nitrogen and oxygen atoms in total. The largest absolute Gasteiger partial charge is 0.497 e. The molecule has 2 aromatic rings. The summed E-state index contributed by atoms with van der Waals surface area (Å²) < 4.78 is 38.5. The summed E-state index contributed by atoms with van der Waals surface area (Å²) in [6, 6.07) is 13.7. The molecule has 1 aliphatic rings. The number of rotatable bonds is 8. The van der Waals surface area contributed by atoms with E-state index < -0.39 is 19.5 Å². The third-order valence-corrected chi connectivity index (χ3v) is 8.07. The lowest BCUT2D eigenvalue weighted by atomic mass is 10.0. The predicted octanol–water partition coefficient (Wildman–Crippen LogP) is 4.60. The summed E-state index contributed by atoms with van der Waals surface area (Å²) in [5.41, 5.74) is 0.864. The van der Waals surface area contributed by atoms with Gasteiger partial charge >= 0.3 is 13.5 Å². The van der Waals surface area contributed by atoms with Gasteiger partial charge in [0.15, 0.2) is 0 Å². The lowest BCUT2D eigenvalue weighted by Crippen LogP contribution is -2.35. The van der Waals surface area contributed by atoms with Gasteiger partial charge in [-0.05, 0) is 62.2 Å². The molecular weight excluding hydrogens is 453 g/mol. The second-order valence-corrected chi connectivity index (χ2v) is 10.1. The summed E-state index contributed by atoms with van der Waals surface area (Å²) in [6.45, 7) is 4.31. The van der Waals surface area contributed by atoms with Crippen LogP contribution >= 0.6 is 19.1 Å². The zero-order valence-electron chi connectivity index (χ0n) is 18.5. The highest BCUT2D eigenvalue weighted by Crippen LogP contribution is 2.57. The minimum absolute atomic E-state index is 0.139. The second kappa shape index (κ2) is 11.3. The van der Waals surface area contributed by atoms with Crippen molar-refractivity contribution in [2.45, 2.75) is 32.4 Å². The van der Waals surface area contributed by atoms with Crippen LogP contribution in [0.2, 0.25) is 5.02 Å². The molecule has 32 heavy (non-hydrogen) atoms. The first kappa shape index (κ1) is 24.7. The highest BCUT2D eigenvalue weighted by atomic mass is 35.5. The van der Waals surface area contributed by atoms with Gasteiger partial charge in [0.2, 0.25) is 0 Å². The molecule has 9 heteroatoms. The summed E-state index contributed by atoms with van der Waals surface area (Å²) in [7, 11) is -2.09. The molecule has 0 amide bonds. The molecule has 0 bridgehead atoms. The topological polar surface area (TPSA) is 74.3 Å². The fourth-order valence-electron chi connectivity index (χ4n) is 3.76. The van der Waals surface area contributed by atoms with Gasteiger partial charge in [0.25, 0.3) is 0 Å². The van der Waals surface area contributed by atoms with Crippen molar-refractivity contribution < 1.29 is 28.1 Å². The van der Waals surface area contributed by atoms with E-state index in [0.717, 1.165) is 5.56 Å². The molecule has 1 aliphatic heterocycles. The highest BCUT2D eigenvalue weighted by molar-refractivity contribution is 7.64. The van der Waals surface area contributed by atoms with Crippen LogP contribution in [-0.4, -0.2) is 50.2 Å². The summed E-state index contributed by atoms with van der Waals surface area (Å²) in [4.78, 5) is 12.6. The standard InChI is InChI=1S/C23H29ClNO6P/c1-4-29-20-14-22(17-6-8-18(24)9-7-17)25(15-23(26)30-5-2)32(27,31-16-20)21-12-10-19(28-3)11-13-21/h6-13,20,22H,4-5,14-16H2,1-3H3. The van der Waals surface area contributed by atoms with Crippen molar-refractivity contribution in [3.63, 3.8) is 0 Å². The monoisotopic (exact) mass is 481 g/mol. The second-order valence-electron chi connectivity index (χ2n) is 7.30. The van der Waals surface area contributed by atoms with E-state index in [1.165, 1.54) is 0 Å². The number of ether oxygens (including phenoxy) is 3. The average Bonchev–Trinajstić information content (AvgIpc) is 2.93. The van der Waals surface area contributed by atoms with Crippen molar-refractivity contribution >= 4 is 30.4 Å². The van der Waals surface area contributed by atoms with E-state index in [9.17, 15) is 9.36 Å². The van der Waals surface area contributed by atoms with Gasteiger partial charge in [-0.25, -0.2) is 4.67 Å².